The Kier molecular flexibility index (Phi) is 6.48. The third-order valence-electron chi connectivity index (χ3n) is 3.29. The number of thiophene rings is 1. The van der Waals surface area contributed by atoms with Crippen LogP contribution in [0.25, 0.3) is 0 Å². The number of likely N-dealkylation sites (N-methyl/N-ethyl adjacent to an activating group) is 2. The summed E-state index contributed by atoms with van der Waals surface area (Å²) in [6.07, 6.45) is 0.891. The number of hydrogen-bond acceptors (Lipinski definition) is 4. The van der Waals surface area contributed by atoms with Crippen molar-refractivity contribution in [3.8, 4) is 0 Å². The van der Waals surface area contributed by atoms with E-state index in [4.69, 9.17) is 5.73 Å². The summed E-state index contributed by atoms with van der Waals surface area (Å²) < 4.78 is 0. The highest BCUT2D eigenvalue weighted by atomic mass is 32.1. The van der Waals surface area contributed by atoms with Crippen LogP contribution in [-0.2, 0) is 4.79 Å². The van der Waals surface area contributed by atoms with Gasteiger partial charge in [-0.3, -0.25) is 9.69 Å². The molecule has 4 nitrogen and oxygen atoms in total. The van der Waals surface area contributed by atoms with Gasteiger partial charge in [0.15, 0.2) is 0 Å². The van der Waals surface area contributed by atoms with Gasteiger partial charge in [0.1, 0.15) is 0 Å². The van der Waals surface area contributed by atoms with E-state index in [0.717, 1.165) is 6.42 Å². The van der Waals surface area contributed by atoms with Crippen molar-refractivity contribution in [3.05, 3.63) is 21.9 Å². The fourth-order valence-electron chi connectivity index (χ4n) is 2.21. The van der Waals surface area contributed by atoms with E-state index < -0.39 is 0 Å². The summed E-state index contributed by atoms with van der Waals surface area (Å²) in [7, 11) is 1.97. The first kappa shape index (κ1) is 16.1. The number of nitrogens with zero attached hydrogens (tertiary/aromatic N) is 1. The van der Waals surface area contributed by atoms with Crippen molar-refractivity contribution in [3.63, 3.8) is 0 Å². The molecule has 0 saturated heterocycles. The van der Waals surface area contributed by atoms with Crippen LogP contribution in [-0.4, -0.2) is 37.0 Å². The molecule has 0 aliphatic carbocycles. The summed E-state index contributed by atoms with van der Waals surface area (Å²) in [4.78, 5) is 15.1. The van der Waals surface area contributed by atoms with Crippen LogP contribution in [0, 0.1) is 6.92 Å². The van der Waals surface area contributed by atoms with Crippen LogP contribution in [0.3, 0.4) is 0 Å². The topological polar surface area (TPSA) is 58.4 Å². The Morgan fingerprint density at radius 1 is 1.53 bits per heavy atom. The first-order chi connectivity index (χ1) is 9.01. The summed E-state index contributed by atoms with van der Waals surface area (Å²) in [5, 5.41) is 4.91. The Labute approximate surface area is 120 Å². The van der Waals surface area contributed by atoms with Crippen molar-refractivity contribution >= 4 is 17.2 Å². The van der Waals surface area contributed by atoms with E-state index in [1.807, 2.05) is 14.0 Å². The largest absolute Gasteiger partial charge is 0.355 e. The normalized spacial score (nSPS) is 14.4. The molecule has 2 atom stereocenters. The predicted octanol–water partition coefficient (Wildman–Crippen LogP) is 1.90. The van der Waals surface area contributed by atoms with Crippen LogP contribution in [0.5, 0.6) is 0 Å². The fourth-order valence-corrected chi connectivity index (χ4v) is 3.38. The van der Waals surface area contributed by atoms with Crippen molar-refractivity contribution in [1.82, 2.24) is 10.2 Å². The minimum Gasteiger partial charge on any atom is -0.355 e. The van der Waals surface area contributed by atoms with Gasteiger partial charge < -0.3 is 11.1 Å². The molecule has 5 heteroatoms. The molecule has 19 heavy (non-hydrogen) atoms. The molecular weight excluding hydrogens is 258 g/mol. The summed E-state index contributed by atoms with van der Waals surface area (Å²) in [6, 6.07) is 2.25. The molecule has 0 bridgehead atoms. The highest BCUT2D eigenvalue weighted by Crippen LogP contribution is 2.30. The lowest BCUT2D eigenvalue weighted by Gasteiger charge is -2.31. The number of carbonyl (C=O) groups excluding carboxylic acids is 1. The average Bonchev–Trinajstić information content (AvgIpc) is 2.76. The third kappa shape index (κ3) is 4.30. The molecule has 0 aromatic carbocycles. The van der Waals surface area contributed by atoms with Gasteiger partial charge in [-0.15, -0.1) is 11.3 Å². The summed E-state index contributed by atoms with van der Waals surface area (Å²) in [5.74, 6) is 0.0486. The van der Waals surface area contributed by atoms with Gasteiger partial charge in [0, 0.05) is 17.5 Å². The van der Waals surface area contributed by atoms with Gasteiger partial charge in [0.2, 0.25) is 5.91 Å². The molecule has 1 aromatic heterocycles. The zero-order chi connectivity index (χ0) is 14.4. The molecule has 0 aliphatic heterocycles. The highest BCUT2D eigenvalue weighted by Gasteiger charge is 2.26. The molecule has 0 radical (unpaired) electrons. The molecule has 1 aromatic rings. The van der Waals surface area contributed by atoms with Crippen LogP contribution in [0.2, 0.25) is 0 Å². The van der Waals surface area contributed by atoms with Gasteiger partial charge >= 0.3 is 0 Å². The molecular formula is C14H25N3OS. The third-order valence-corrected chi connectivity index (χ3v) is 4.38. The number of hydrogen-bond donors (Lipinski definition) is 2. The highest BCUT2D eigenvalue weighted by molar-refractivity contribution is 7.10. The van der Waals surface area contributed by atoms with E-state index in [-0.39, 0.29) is 18.0 Å². The van der Waals surface area contributed by atoms with E-state index in [0.29, 0.717) is 13.1 Å². The zero-order valence-electron chi connectivity index (χ0n) is 12.3. The van der Waals surface area contributed by atoms with Crippen molar-refractivity contribution < 1.29 is 4.79 Å². The van der Waals surface area contributed by atoms with Crippen LogP contribution in [0.4, 0.5) is 0 Å². The Balaban J connectivity index is 2.86. The predicted molar refractivity (Wildman–Crippen MR) is 81.4 cm³/mol. The molecule has 0 fully saturated rings. The summed E-state index contributed by atoms with van der Waals surface area (Å²) >= 11 is 1.72. The van der Waals surface area contributed by atoms with Gasteiger partial charge in [0.25, 0.3) is 0 Å². The van der Waals surface area contributed by atoms with Crippen molar-refractivity contribution in [1.29, 1.82) is 0 Å². The van der Waals surface area contributed by atoms with Crippen LogP contribution < -0.4 is 11.1 Å². The van der Waals surface area contributed by atoms with Crippen LogP contribution >= 0.6 is 11.3 Å². The molecule has 0 spiro atoms. The number of rotatable bonds is 7. The molecule has 1 rings (SSSR count). The SMILES string of the molecule is CCNC(=O)CN(C)C(c1sccc1C)C(N)CC. The van der Waals surface area contributed by atoms with Crippen LogP contribution in [0.15, 0.2) is 11.4 Å². The number of aryl methyl sites for hydroxylation is 1. The first-order valence-electron chi connectivity index (χ1n) is 6.77. The minimum atomic E-state index is 0.0387. The number of nitrogens with two attached hydrogens (primary N) is 1. The van der Waals surface area contributed by atoms with E-state index in [9.17, 15) is 4.79 Å². The first-order valence-corrected chi connectivity index (χ1v) is 7.65. The Bertz CT molecular complexity index is 405. The maximum absolute atomic E-state index is 11.7. The van der Waals surface area contributed by atoms with Crippen LogP contribution in [0.1, 0.15) is 36.8 Å². The lowest BCUT2D eigenvalue weighted by molar-refractivity contribution is -0.122. The van der Waals surface area contributed by atoms with Gasteiger partial charge in [-0.25, -0.2) is 0 Å². The van der Waals surface area contributed by atoms with Crippen molar-refractivity contribution in [2.75, 3.05) is 20.1 Å². The second kappa shape index (κ2) is 7.62. The molecule has 3 N–H and O–H groups in total. The molecule has 1 heterocycles. The molecule has 108 valence electrons. The Morgan fingerprint density at radius 3 is 2.68 bits per heavy atom. The molecule has 2 unspecified atom stereocenters. The van der Waals surface area contributed by atoms with Gasteiger partial charge in [-0.2, -0.15) is 0 Å². The molecule has 0 saturated carbocycles. The lowest BCUT2D eigenvalue weighted by atomic mass is 10.0. The average molecular weight is 283 g/mol. The Morgan fingerprint density at radius 2 is 2.21 bits per heavy atom. The second-order valence-electron chi connectivity index (χ2n) is 4.85. The maximum Gasteiger partial charge on any atom is 0.234 e. The minimum absolute atomic E-state index is 0.0387. The van der Waals surface area contributed by atoms with Crippen molar-refractivity contribution in [2.45, 2.75) is 39.3 Å². The number of amides is 1. The van der Waals surface area contributed by atoms with E-state index in [1.54, 1.807) is 11.3 Å². The smallest absolute Gasteiger partial charge is 0.234 e. The van der Waals surface area contributed by atoms with E-state index in [1.165, 1.54) is 10.4 Å². The number of nitrogens with one attached hydrogen (secondary N) is 1. The molecule has 1 amide bonds. The van der Waals surface area contributed by atoms with Crippen molar-refractivity contribution in [2.24, 2.45) is 5.73 Å². The summed E-state index contributed by atoms with van der Waals surface area (Å²) in [5.41, 5.74) is 7.51. The standard InChI is InChI=1S/C14H25N3OS/c1-5-11(15)13(14-10(3)7-8-19-14)17(4)9-12(18)16-6-2/h7-8,11,13H,5-6,9,15H2,1-4H3,(H,16,18). The quantitative estimate of drug-likeness (QED) is 0.803. The fraction of sp³-hybridized carbons (Fsp3) is 0.643. The summed E-state index contributed by atoms with van der Waals surface area (Å²) in [6.45, 7) is 7.15. The Hall–Kier alpha value is -0.910. The lowest BCUT2D eigenvalue weighted by Crippen LogP contribution is -2.43. The number of carbonyl (C=O) groups is 1. The zero-order valence-corrected chi connectivity index (χ0v) is 13.1. The van der Waals surface area contributed by atoms with E-state index >= 15 is 0 Å². The second-order valence-corrected chi connectivity index (χ2v) is 5.80. The van der Waals surface area contributed by atoms with E-state index in [2.05, 4.69) is 35.5 Å². The van der Waals surface area contributed by atoms with Gasteiger partial charge in [-0.1, -0.05) is 6.92 Å². The molecule has 0 aliphatic rings. The monoisotopic (exact) mass is 283 g/mol. The maximum atomic E-state index is 11.7. The van der Waals surface area contributed by atoms with Gasteiger partial charge in [-0.05, 0) is 44.3 Å². The van der Waals surface area contributed by atoms with Gasteiger partial charge in [0.05, 0.1) is 12.6 Å².